The van der Waals surface area contributed by atoms with Gasteiger partial charge < -0.3 is 19.9 Å². The number of aliphatic hydroxyl groups is 1. The number of nitrogens with one attached hydrogen (secondary N) is 1. The number of anilines is 1. The van der Waals surface area contributed by atoms with E-state index in [4.69, 9.17) is 9.47 Å². The minimum atomic E-state index is -0.726. The van der Waals surface area contributed by atoms with E-state index >= 15 is 0 Å². The SMILES string of the molecule is COc1cc(NC(=O)c2ccccc2F)c(C(O)C2CC2)cc1OC. The molecule has 0 spiro atoms. The molecule has 132 valence electrons. The van der Waals surface area contributed by atoms with Crippen molar-refractivity contribution in [2.24, 2.45) is 5.92 Å². The van der Waals surface area contributed by atoms with Crippen LogP contribution in [0.1, 0.15) is 34.9 Å². The second kappa shape index (κ2) is 7.11. The number of methoxy groups -OCH3 is 2. The van der Waals surface area contributed by atoms with Crippen LogP contribution in [0.15, 0.2) is 36.4 Å². The van der Waals surface area contributed by atoms with E-state index in [0.29, 0.717) is 22.7 Å². The van der Waals surface area contributed by atoms with E-state index in [1.54, 1.807) is 18.2 Å². The van der Waals surface area contributed by atoms with E-state index in [1.807, 2.05) is 0 Å². The van der Waals surface area contributed by atoms with E-state index in [0.717, 1.165) is 12.8 Å². The average molecular weight is 345 g/mol. The second-order valence-corrected chi connectivity index (χ2v) is 6.01. The van der Waals surface area contributed by atoms with Crippen LogP contribution in [-0.2, 0) is 0 Å². The first-order chi connectivity index (χ1) is 12.0. The van der Waals surface area contributed by atoms with Crippen LogP contribution in [0.4, 0.5) is 10.1 Å². The van der Waals surface area contributed by atoms with Gasteiger partial charge in [0.05, 0.1) is 31.6 Å². The van der Waals surface area contributed by atoms with Gasteiger partial charge in [-0.3, -0.25) is 4.79 Å². The van der Waals surface area contributed by atoms with Crippen molar-refractivity contribution in [1.82, 2.24) is 0 Å². The summed E-state index contributed by atoms with van der Waals surface area (Å²) in [5.74, 6) is -0.166. The Morgan fingerprint density at radius 2 is 1.84 bits per heavy atom. The lowest BCUT2D eigenvalue weighted by atomic mass is 10.0. The Hall–Kier alpha value is -2.60. The van der Waals surface area contributed by atoms with E-state index < -0.39 is 17.8 Å². The van der Waals surface area contributed by atoms with Gasteiger partial charge in [-0.15, -0.1) is 0 Å². The third-order valence-corrected chi connectivity index (χ3v) is 4.31. The van der Waals surface area contributed by atoms with Crippen LogP contribution in [0.3, 0.4) is 0 Å². The van der Waals surface area contributed by atoms with E-state index in [-0.39, 0.29) is 11.5 Å². The number of carbonyl (C=O) groups is 1. The highest BCUT2D eigenvalue weighted by Gasteiger charge is 2.33. The van der Waals surface area contributed by atoms with Crippen LogP contribution in [-0.4, -0.2) is 25.2 Å². The molecule has 0 aliphatic heterocycles. The second-order valence-electron chi connectivity index (χ2n) is 6.01. The maximum Gasteiger partial charge on any atom is 0.258 e. The highest BCUT2D eigenvalue weighted by Crippen LogP contribution is 2.45. The number of halogens is 1. The van der Waals surface area contributed by atoms with Crippen LogP contribution >= 0.6 is 0 Å². The number of amides is 1. The topological polar surface area (TPSA) is 67.8 Å². The van der Waals surface area contributed by atoms with Gasteiger partial charge in [0.2, 0.25) is 0 Å². The summed E-state index contributed by atoms with van der Waals surface area (Å²) in [7, 11) is 2.99. The molecule has 2 aromatic carbocycles. The van der Waals surface area contributed by atoms with Crippen molar-refractivity contribution in [2.45, 2.75) is 18.9 Å². The molecule has 2 aromatic rings. The molecule has 0 aromatic heterocycles. The summed E-state index contributed by atoms with van der Waals surface area (Å²) >= 11 is 0. The monoisotopic (exact) mass is 345 g/mol. The number of ether oxygens (including phenoxy) is 2. The van der Waals surface area contributed by atoms with E-state index in [1.165, 1.54) is 32.4 Å². The molecule has 3 rings (SSSR count). The lowest BCUT2D eigenvalue weighted by Gasteiger charge is -2.19. The van der Waals surface area contributed by atoms with Crippen LogP contribution in [0.2, 0.25) is 0 Å². The molecule has 2 N–H and O–H groups in total. The standard InChI is InChI=1S/C19H20FNO4/c1-24-16-9-13(18(22)11-7-8-11)15(10-17(16)25-2)21-19(23)12-5-3-4-6-14(12)20/h3-6,9-11,18,22H,7-8H2,1-2H3,(H,21,23). The first kappa shape index (κ1) is 17.2. The van der Waals surface area contributed by atoms with Gasteiger partial charge in [0.1, 0.15) is 5.82 Å². The molecule has 0 bridgehead atoms. The Bertz CT molecular complexity index is 789. The zero-order valence-corrected chi connectivity index (χ0v) is 14.1. The summed E-state index contributed by atoms with van der Waals surface area (Å²) in [4.78, 5) is 12.4. The maximum absolute atomic E-state index is 13.8. The molecular formula is C19H20FNO4. The Morgan fingerprint density at radius 1 is 1.20 bits per heavy atom. The van der Waals surface area contributed by atoms with Crippen molar-refractivity contribution >= 4 is 11.6 Å². The first-order valence-corrected chi connectivity index (χ1v) is 8.05. The Morgan fingerprint density at radius 3 is 2.44 bits per heavy atom. The van der Waals surface area contributed by atoms with Crippen LogP contribution in [0.5, 0.6) is 11.5 Å². The number of benzene rings is 2. The van der Waals surface area contributed by atoms with Crippen molar-refractivity contribution in [2.75, 3.05) is 19.5 Å². The summed E-state index contributed by atoms with van der Waals surface area (Å²) in [6.45, 7) is 0. The predicted octanol–water partition coefficient (Wildman–Crippen LogP) is 3.54. The molecule has 1 amide bonds. The zero-order valence-electron chi connectivity index (χ0n) is 14.1. The third kappa shape index (κ3) is 3.58. The van der Waals surface area contributed by atoms with Crippen molar-refractivity contribution in [3.63, 3.8) is 0 Å². The zero-order chi connectivity index (χ0) is 18.0. The Labute approximate surface area is 145 Å². The van der Waals surface area contributed by atoms with Gasteiger partial charge >= 0.3 is 0 Å². The third-order valence-electron chi connectivity index (χ3n) is 4.31. The highest BCUT2D eigenvalue weighted by atomic mass is 19.1. The predicted molar refractivity (Wildman–Crippen MR) is 91.6 cm³/mol. The van der Waals surface area contributed by atoms with Crippen LogP contribution in [0, 0.1) is 11.7 Å². The van der Waals surface area contributed by atoms with E-state index in [9.17, 15) is 14.3 Å². The molecule has 1 atom stereocenters. The van der Waals surface area contributed by atoms with Crippen LogP contribution < -0.4 is 14.8 Å². The van der Waals surface area contributed by atoms with Gasteiger partial charge in [0, 0.05) is 11.6 Å². The fraction of sp³-hybridized carbons (Fsp3) is 0.316. The number of hydrogen-bond donors (Lipinski definition) is 2. The number of carbonyl (C=O) groups excluding carboxylic acids is 1. The van der Waals surface area contributed by atoms with Gasteiger partial charge in [-0.05, 0) is 37.0 Å². The molecule has 6 heteroatoms. The quantitative estimate of drug-likeness (QED) is 0.840. The van der Waals surface area contributed by atoms with E-state index in [2.05, 4.69) is 5.32 Å². The largest absolute Gasteiger partial charge is 0.493 e. The van der Waals surface area contributed by atoms with Crippen molar-refractivity contribution in [3.8, 4) is 11.5 Å². The summed E-state index contributed by atoms with van der Waals surface area (Å²) in [5.41, 5.74) is 0.847. The average Bonchev–Trinajstić information content (AvgIpc) is 3.46. The van der Waals surface area contributed by atoms with Crippen LogP contribution in [0.25, 0.3) is 0 Å². The lowest BCUT2D eigenvalue weighted by molar-refractivity contribution is 0.102. The molecule has 25 heavy (non-hydrogen) atoms. The molecule has 1 saturated carbocycles. The maximum atomic E-state index is 13.8. The lowest BCUT2D eigenvalue weighted by Crippen LogP contribution is -2.16. The molecule has 5 nitrogen and oxygen atoms in total. The van der Waals surface area contributed by atoms with Crippen molar-refractivity contribution in [3.05, 3.63) is 53.3 Å². The fourth-order valence-electron chi connectivity index (χ4n) is 2.75. The molecule has 1 unspecified atom stereocenters. The molecule has 1 fully saturated rings. The number of hydrogen-bond acceptors (Lipinski definition) is 4. The number of aliphatic hydroxyl groups excluding tert-OH is 1. The Kier molecular flexibility index (Phi) is 4.90. The molecule has 0 heterocycles. The normalized spacial score (nSPS) is 14.7. The van der Waals surface area contributed by atoms with Gasteiger partial charge in [-0.2, -0.15) is 0 Å². The fourth-order valence-corrected chi connectivity index (χ4v) is 2.75. The first-order valence-electron chi connectivity index (χ1n) is 8.05. The van der Waals surface area contributed by atoms with Crippen molar-refractivity contribution < 1.29 is 23.8 Å². The summed E-state index contributed by atoms with van der Waals surface area (Å²) < 4.78 is 24.4. The van der Waals surface area contributed by atoms with Crippen molar-refractivity contribution in [1.29, 1.82) is 0 Å². The summed E-state index contributed by atoms with van der Waals surface area (Å²) in [6, 6.07) is 8.97. The Balaban J connectivity index is 1.98. The molecule has 0 saturated heterocycles. The summed E-state index contributed by atoms with van der Waals surface area (Å²) in [6.07, 6.45) is 1.13. The van der Waals surface area contributed by atoms with Gasteiger partial charge in [-0.1, -0.05) is 12.1 Å². The molecule has 0 radical (unpaired) electrons. The minimum absolute atomic E-state index is 0.0656. The van der Waals surface area contributed by atoms with Gasteiger partial charge in [-0.25, -0.2) is 4.39 Å². The van der Waals surface area contributed by atoms with Gasteiger partial charge in [0.25, 0.3) is 5.91 Å². The highest BCUT2D eigenvalue weighted by molar-refractivity contribution is 6.05. The minimum Gasteiger partial charge on any atom is -0.493 e. The molecule has 1 aliphatic rings. The number of rotatable bonds is 6. The summed E-state index contributed by atoms with van der Waals surface area (Å²) in [5, 5.41) is 13.2. The molecule has 1 aliphatic carbocycles. The molecular weight excluding hydrogens is 325 g/mol. The van der Waals surface area contributed by atoms with Gasteiger partial charge in [0.15, 0.2) is 11.5 Å². The smallest absolute Gasteiger partial charge is 0.258 e.